The van der Waals surface area contributed by atoms with Gasteiger partial charge in [-0.05, 0) is 43.9 Å². The maximum atomic E-state index is 9.37. The lowest BCUT2D eigenvalue weighted by Gasteiger charge is -2.37. The van der Waals surface area contributed by atoms with Crippen LogP contribution in [0.15, 0.2) is 48.7 Å². The Hall–Kier alpha value is -3.19. The van der Waals surface area contributed by atoms with Gasteiger partial charge in [0.1, 0.15) is 11.6 Å². The molecular formula is C26H32N6O. The normalized spacial score (nSPS) is 18.8. The third kappa shape index (κ3) is 4.50. The van der Waals surface area contributed by atoms with Gasteiger partial charge >= 0.3 is 0 Å². The molecule has 2 aliphatic heterocycles. The van der Waals surface area contributed by atoms with Crippen molar-refractivity contribution >= 4 is 17.6 Å². The molecule has 1 N–H and O–H groups in total. The molecule has 1 unspecified atom stereocenters. The summed E-state index contributed by atoms with van der Waals surface area (Å²) in [6.45, 7) is 8.89. The molecule has 1 aromatic carbocycles. The summed E-state index contributed by atoms with van der Waals surface area (Å²) in [5.41, 5.74) is 4.06. The molecule has 0 spiro atoms. The summed E-state index contributed by atoms with van der Waals surface area (Å²) in [5.74, 6) is 2.85. The van der Waals surface area contributed by atoms with Crippen molar-refractivity contribution in [1.29, 1.82) is 0 Å². The molecule has 1 atom stereocenters. The van der Waals surface area contributed by atoms with Crippen LogP contribution in [0, 0.1) is 6.92 Å². The highest BCUT2D eigenvalue weighted by atomic mass is 16.3. The first-order valence-corrected chi connectivity index (χ1v) is 11.9. The summed E-state index contributed by atoms with van der Waals surface area (Å²) in [7, 11) is 0. The zero-order valence-electron chi connectivity index (χ0n) is 19.5. The van der Waals surface area contributed by atoms with E-state index in [0.717, 1.165) is 72.7 Å². The summed E-state index contributed by atoms with van der Waals surface area (Å²) >= 11 is 0. The minimum absolute atomic E-state index is 0.0251. The lowest BCUT2D eigenvalue weighted by Crippen LogP contribution is -2.47. The van der Waals surface area contributed by atoms with Gasteiger partial charge in [-0.1, -0.05) is 30.3 Å². The number of rotatable bonds is 5. The van der Waals surface area contributed by atoms with E-state index in [1.807, 2.05) is 12.1 Å². The van der Waals surface area contributed by atoms with E-state index < -0.39 is 0 Å². The number of aliphatic hydroxyl groups excluding tert-OH is 1. The predicted molar refractivity (Wildman–Crippen MR) is 133 cm³/mol. The van der Waals surface area contributed by atoms with Crippen molar-refractivity contribution in [3.05, 3.63) is 59.8 Å². The molecule has 7 heteroatoms. The van der Waals surface area contributed by atoms with Gasteiger partial charge in [0.15, 0.2) is 0 Å². The van der Waals surface area contributed by atoms with Crippen LogP contribution in [-0.4, -0.2) is 58.8 Å². The molecule has 0 radical (unpaired) electrons. The lowest BCUT2D eigenvalue weighted by atomic mass is 10.1. The molecule has 2 aliphatic rings. The van der Waals surface area contributed by atoms with Crippen LogP contribution < -0.4 is 14.7 Å². The van der Waals surface area contributed by atoms with Crippen LogP contribution in [-0.2, 0) is 6.61 Å². The number of piperazine rings is 1. The Morgan fingerprint density at radius 1 is 0.970 bits per heavy atom. The molecule has 33 heavy (non-hydrogen) atoms. The van der Waals surface area contributed by atoms with Crippen LogP contribution in [0.3, 0.4) is 0 Å². The van der Waals surface area contributed by atoms with Crippen molar-refractivity contribution in [2.45, 2.75) is 39.3 Å². The lowest BCUT2D eigenvalue weighted by molar-refractivity contribution is 0.281. The van der Waals surface area contributed by atoms with E-state index >= 15 is 0 Å². The molecule has 2 saturated heterocycles. The maximum Gasteiger partial charge on any atom is 0.228 e. The monoisotopic (exact) mass is 444 g/mol. The number of aliphatic hydroxyl groups is 1. The van der Waals surface area contributed by atoms with Gasteiger partial charge in [-0.2, -0.15) is 4.98 Å². The smallest absolute Gasteiger partial charge is 0.228 e. The van der Waals surface area contributed by atoms with Crippen molar-refractivity contribution in [2.75, 3.05) is 47.4 Å². The highest BCUT2D eigenvalue weighted by Gasteiger charge is 2.26. The third-order valence-corrected chi connectivity index (χ3v) is 6.77. The summed E-state index contributed by atoms with van der Waals surface area (Å²) in [6, 6.07) is 15.0. The fraction of sp³-hybridized carbons (Fsp3) is 0.423. The van der Waals surface area contributed by atoms with Crippen LogP contribution in [0.1, 0.15) is 30.9 Å². The molecule has 0 aliphatic carbocycles. The first-order chi connectivity index (χ1) is 16.1. The van der Waals surface area contributed by atoms with E-state index in [4.69, 9.17) is 9.97 Å². The highest BCUT2D eigenvalue weighted by molar-refractivity contribution is 5.65. The number of hydrogen-bond donors (Lipinski definition) is 1. The molecule has 2 fully saturated rings. The van der Waals surface area contributed by atoms with Gasteiger partial charge in [0.25, 0.3) is 0 Å². The fourth-order valence-corrected chi connectivity index (χ4v) is 4.89. The zero-order valence-corrected chi connectivity index (χ0v) is 19.5. The molecule has 2 aromatic heterocycles. The van der Waals surface area contributed by atoms with E-state index in [1.165, 1.54) is 12.8 Å². The molecule has 0 amide bonds. The molecule has 4 heterocycles. The van der Waals surface area contributed by atoms with E-state index in [1.54, 1.807) is 6.20 Å². The Morgan fingerprint density at radius 3 is 2.39 bits per heavy atom. The second kappa shape index (κ2) is 9.35. The van der Waals surface area contributed by atoms with E-state index in [9.17, 15) is 5.11 Å². The third-order valence-electron chi connectivity index (χ3n) is 6.77. The molecule has 3 aromatic rings. The van der Waals surface area contributed by atoms with Gasteiger partial charge in [0.2, 0.25) is 5.95 Å². The van der Waals surface area contributed by atoms with Gasteiger partial charge in [0.05, 0.1) is 12.3 Å². The number of aryl methyl sites for hydroxylation is 1. The standard InChI is InChI=1S/C26H32N6O/c1-19-15-21(18-33)17-27-25(19)31-13-11-30(12-14-31)24-16-23(22-8-4-3-5-9-22)28-26(29-24)32-10-6-7-20(32)2/h3-5,8-9,15-17,20,33H,6-7,10-14,18H2,1-2H3. The SMILES string of the molecule is Cc1cc(CO)cnc1N1CCN(c2cc(-c3ccccc3)nc(N3CCCC3C)n2)CC1. The van der Waals surface area contributed by atoms with Crippen molar-refractivity contribution in [2.24, 2.45) is 0 Å². The van der Waals surface area contributed by atoms with Gasteiger partial charge < -0.3 is 19.8 Å². The van der Waals surface area contributed by atoms with Crippen LogP contribution in [0.2, 0.25) is 0 Å². The first kappa shape index (κ1) is 21.6. The van der Waals surface area contributed by atoms with Gasteiger partial charge in [-0.3, -0.25) is 0 Å². The van der Waals surface area contributed by atoms with E-state index in [0.29, 0.717) is 6.04 Å². The van der Waals surface area contributed by atoms with E-state index in [-0.39, 0.29) is 6.61 Å². The Balaban J connectivity index is 1.40. The number of nitrogens with zero attached hydrogens (tertiary/aromatic N) is 6. The average Bonchev–Trinajstić information content (AvgIpc) is 3.30. The van der Waals surface area contributed by atoms with Crippen molar-refractivity contribution in [3.8, 4) is 11.3 Å². The molecule has 7 nitrogen and oxygen atoms in total. The molecule has 5 rings (SSSR count). The Morgan fingerprint density at radius 2 is 1.73 bits per heavy atom. The van der Waals surface area contributed by atoms with Gasteiger partial charge in [0, 0.05) is 56.6 Å². The predicted octanol–water partition coefficient (Wildman–Crippen LogP) is 3.65. The average molecular weight is 445 g/mol. The van der Waals surface area contributed by atoms with Crippen LogP contribution in [0.4, 0.5) is 17.6 Å². The molecule has 0 bridgehead atoms. The maximum absolute atomic E-state index is 9.37. The van der Waals surface area contributed by atoms with Gasteiger partial charge in [-0.15, -0.1) is 0 Å². The number of aromatic nitrogens is 3. The number of hydrogen-bond acceptors (Lipinski definition) is 7. The summed E-state index contributed by atoms with van der Waals surface area (Å²) in [5, 5.41) is 9.37. The molecule has 0 saturated carbocycles. The topological polar surface area (TPSA) is 68.6 Å². The largest absolute Gasteiger partial charge is 0.392 e. The van der Waals surface area contributed by atoms with Crippen LogP contribution in [0.5, 0.6) is 0 Å². The second-order valence-corrected chi connectivity index (χ2v) is 9.08. The van der Waals surface area contributed by atoms with Gasteiger partial charge in [-0.25, -0.2) is 9.97 Å². The Bertz CT molecular complexity index is 1100. The number of benzene rings is 1. The van der Waals surface area contributed by atoms with Crippen molar-refractivity contribution < 1.29 is 5.11 Å². The van der Waals surface area contributed by atoms with E-state index in [2.05, 4.69) is 63.9 Å². The second-order valence-electron chi connectivity index (χ2n) is 9.08. The van der Waals surface area contributed by atoms with Crippen LogP contribution >= 0.6 is 0 Å². The molecular weight excluding hydrogens is 412 g/mol. The van der Waals surface area contributed by atoms with Crippen molar-refractivity contribution in [3.63, 3.8) is 0 Å². The fourth-order valence-electron chi connectivity index (χ4n) is 4.89. The quantitative estimate of drug-likeness (QED) is 0.644. The summed E-state index contributed by atoms with van der Waals surface area (Å²) in [6.07, 6.45) is 4.15. The minimum atomic E-state index is 0.0251. The molecule has 172 valence electrons. The Labute approximate surface area is 195 Å². The zero-order chi connectivity index (χ0) is 22.8. The highest BCUT2D eigenvalue weighted by Crippen LogP contribution is 2.29. The van der Waals surface area contributed by atoms with Crippen LogP contribution in [0.25, 0.3) is 11.3 Å². The number of pyridine rings is 1. The first-order valence-electron chi connectivity index (χ1n) is 11.9. The van der Waals surface area contributed by atoms with Crippen molar-refractivity contribution in [1.82, 2.24) is 15.0 Å². The Kier molecular flexibility index (Phi) is 6.13. The minimum Gasteiger partial charge on any atom is -0.392 e. The number of anilines is 3. The summed E-state index contributed by atoms with van der Waals surface area (Å²) < 4.78 is 0. The summed E-state index contributed by atoms with van der Waals surface area (Å²) in [4.78, 5) is 21.7.